The van der Waals surface area contributed by atoms with E-state index in [1.54, 1.807) is 11.1 Å². The fraction of sp³-hybridized carbons (Fsp3) is 0.862. The zero-order valence-corrected chi connectivity index (χ0v) is 20.8. The molecular formula is C29H48O. The third-order valence-electron chi connectivity index (χ3n) is 10.8. The average molecular weight is 413 g/mol. The number of aliphatic hydroxyl groups is 1. The van der Waals surface area contributed by atoms with Crippen molar-refractivity contribution in [3.05, 3.63) is 22.8 Å². The summed E-state index contributed by atoms with van der Waals surface area (Å²) in [5, 5.41) is 10.3. The Hall–Kier alpha value is -0.560. The highest BCUT2D eigenvalue weighted by molar-refractivity contribution is 5.27. The van der Waals surface area contributed by atoms with Gasteiger partial charge < -0.3 is 5.11 Å². The summed E-state index contributed by atoms with van der Waals surface area (Å²) in [6, 6.07) is 0. The van der Waals surface area contributed by atoms with Crippen LogP contribution in [0.1, 0.15) is 112 Å². The van der Waals surface area contributed by atoms with Gasteiger partial charge in [-0.15, -0.1) is 0 Å². The molecule has 0 aromatic rings. The van der Waals surface area contributed by atoms with Crippen LogP contribution in [0.3, 0.4) is 0 Å². The fourth-order valence-electron chi connectivity index (χ4n) is 8.85. The van der Waals surface area contributed by atoms with Crippen LogP contribution in [0.4, 0.5) is 0 Å². The Morgan fingerprint density at radius 2 is 1.77 bits per heavy atom. The van der Waals surface area contributed by atoms with Crippen LogP contribution < -0.4 is 0 Å². The van der Waals surface area contributed by atoms with Crippen molar-refractivity contribution in [3.63, 3.8) is 0 Å². The quantitative estimate of drug-likeness (QED) is 0.452. The molecule has 30 heavy (non-hydrogen) atoms. The fourth-order valence-corrected chi connectivity index (χ4v) is 8.85. The molecule has 4 aliphatic carbocycles. The molecule has 0 aliphatic heterocycles. The lowest BCUT2D eigenvalue weighted by atomic mass is 9.47. The summed E-state index contributed by atoms with van der Waals surface area (Å²) in [6.45, 7) is 14.7. The third kappa shape index (κ3) is 3.66. The van der Waals surface area contributed by atoms with Gasteiger partial charge in [-0.1, -0.05) is 50.5 Å². The first-order chi connectivity index (χ1) is 14.2. The highest BCUT2D eigenvalue weighted by atomic mass is 16.3. The molecule has 0 saturated heterocycles. The molecule has 3 fully saturated rings. The summed E-state index contributed by atoms with van der Waals surface area (Å²) in [5.41, 5.74) is 6.09. The summed E-state index contributed by atoms with van der Waals surface area (Å²) in [4.78, 5) is 0. The molecule has 3 saturated carbocycles. The lowest BCUT2D eigenvalue weighted by molar-refractivity contribution is -0.0427. The van der Waals surface area contributed by atoms with Gasteiger partial charge in [-0.3, -0.25) is 0 Å². The number of hydrogen-bond acceptors (Lipinski definition) is 1. The smallest absolute Gasteiger partial charge is 0.0543 e. The van der Waals surface area contributed by atoms with Gasteiger partial charge in [0.15, 0.2) is 0 Å². The van der Waals surface area contributed by atoms with Gasteiger partial charge in [0.2, 0.25) is 0 Å². The minimum Gasteiger partial charge on any atom is -0.393 e. The van der Waals surface area contributed by atoms with Gasteiger partial charge in [0.05, 0.1) is 6.10 Å². The van der Waals surface area contributed by atoms with E-state index < -0.39 is 0 Å². The van der Waals surface area contributed by atoms with Crippen molar-refractivity contribution in [2.24, 2.45) is 40.4 Å². The largest absolute Gasteiger partial charge is 0.393 e. The molecule has 0 amide bonds. The van der Waals surface area contributed by atoms with E-state index in [1.165, 1.54) is 57.8 Å². The number of fused-ring (bicyclic) bond motifs is 5. The Balaban J connectivity index is 1.50. The van der Waals surface area contributed by atoms with E-state index in [0.29, 0.717) is 16.7 Å². The number of allylic oxidation sites excluding steroid dienone is 4. The molecule has 3 unspecified atom stereocenters. The van der Waals surface area contributed by atoms with Crippen LogP contribution in [-0.4, -0.2) is 11.2 Å². The lowest BCUT2D eigenvalue weighted by Crippen LogP contribution is -2.49. The van der Waals surface area contributed by atoms with E-state index in [9.17, 15) is 5.11 Å². The second kappa shape index (κ2) is 8.42. The van der Waals surface area contributed by atoms with Crippen LogP contribution in [0.5, 0.6) is 0 Å². The van der Waals surface area contributed by atoms with E-state index in [0.717, 1.165) is 36.5 Å². The molecular weight excluding hydrogens is 364 g/mol. The molecule has 1 nitrogen and oxygen atoms in total. The minimum atomic E-state index is -0.0441. The lowest BCUT2D eigenvalue weighted by Gasteiger charge is -2.57. The van der Waals surface area contributed by atoms with Crippen molar-refractivity contribution >= 4 is 0 Å². The van der Waals surface area contributed by atoms with Crippen molar-refractivity contribution in [2.75, 3.05) is 0 Å². The van der Waals surface area contributed by atoms with Crippen LogP contribution in [0, 0.1) is 40.4 Å². The predicted octanol–water partition coefficient (Wildman–Crippen LogP) is 8.09. The van der Waals surface area contributed by atoms with Gasteiger partial charge >= 0.3 is 0 Å². The predicted molar refractivity (Wildman–Crippen MR) is 128 cm³/mol. The van der Waals surface area contributed by atoms with Crippen molar-refractivity contribution in [1.29, 1.82) is 0 Å². The second-order valence-corrected chi connectivity index (χ2v) is 12.4. The van der Waals surface area contributed by atoms with Crippen LogP contribution in [0.25, 0.3) is 0 Å². The third-order valence-corrected chi connectivity index (χ3v) is 10.8. The van der Waals surface area contributed by atoms with Gasteiger partial charge in [0, 0.05) is 0 Å². The van der Waals surface area contributed by atoms with Gasteiger partial charge in [0.1, 0.15) is 0 Å². The molecule has 0 bridgehead atoms. The molecule has 0 heterocycles. The normalized spacial score (nSPS) is 43.8. The molecule has 4 aliphatic rings. The minimum absolute atomic E-state index is 0.0441. The van der Waals surface area contributed by atoms with Gasteiger partial charge in [0.25, 0.3) is 0 Å². The average Bonchev–Trinajstić information content (AvgIpc) is 3.06. The first kappa shape index (κ1) is 22.6. The van der Waals surface area contributed by atoms with Gasteiger partial charge in [-0.25, -0.2) is 0 Å². The van der Waals surface area contributed by atoms with E-state index >= 15 is 0 Å². The molecule has 0 radical (unpaired) electrons. The molecule has 1 N–H and O–H groups in total. The summed E-state index contributed by atoms with van der Waals surface area (Å²) in [5.74, 6) is 4.09. The van der Waals surface area contributed by atoms with Crippen LogP contribution >= 0.6 is 0 Å². The zero-order chi connectivity index (χ0) is 21.7. The molecule has 4 rings (SSSR count). The Bertz CT molecular complexity index is 697. The van der Waals surface area contributed by atoms with E-state index in [4.69, 9.17) is 0 Å². The van der Waals surface area contributed by atoms with Crippen LogP contribution in [0.15, 0.2) is 22.8 Å². The first-order valence-corrected chi connectivity index (χ1v) is 13.2. The molecule has 8 atom stereocenters. The van der Waals surface area contributed by atoms with Crippen molar-refractivity contribution in [1.82, 2.24) is 0 Å². The number of aliphatic hydroxyl groups excluding tert-OH is 1. The molecule has 0 spiro atoms. The Kier molecular flexibility index (Phi) is 6.35. The summed E-state index contributed by atoms with van der Waals surface area (Å²) >= 11 is 0. The van der Waals surface area contributed by atoms with Crippen LogP contribution in [0.2, 0.25) is 0 Å². The van der Waals surface area contributed by atoms with Crippen molar-refractivity contribution < 1.29 is 5.11 Å². The van der Waals surface area contributed by atoms with E-state index in [2.05, 4.69) is 47.6 Å². The maximum absolute atomic E-state index is 10.3. The first-order valence-electron chi connectivity index (χ1n) is 13.2. The summed E-state index contributed by atoms with van der Waals surface area (Å²) in [7, 11) is 0. The Labute approximate surface area is 186 Å². The van der Waals surface area contributed by atoms with E-state index in [1.807, 2.05) is 5.57 Å². The second-order valence-electron chi connectivity index (χ2n) is 12.4. The highest BCUT2D eigenvalue weighted by Crippen LogP contribution is 2.67. The monoisotopic (exact) mass is 412 g/mol. The number of rotatable bonds is 5. The zero-order valence-electron chi connectivity index (χ0n) is 20.8. The molecule has 1 heteroatoms. The van der Waals surface area contributed by atoms with Crippen molar-refractivity contribution in [3.8, 4) is 0 Å². The SMILES string of the molecule is CCC(CC[C@@H](C)C1CCC2C3=CC[C@H]4C[C@@H](O)CC[C@]4(C)C3CC[C@@]21C)=C(C)C. The summed E-state index contributed by atoms with van der Waals surface area (Å²) in [6.07, 6.45) is 16.8. The summed E-state index contributed by atoms with van der Waals surface area (Å²) < 4.78 is 0. The standard InChI is InChI=1S/C29H48O/c1-7-21(19(2)3)9-8-20(4)25-12-13-26-24-11-10-22-18-23(30)14-16-28(22,5)27(24)15-17-29(25,26)6/h11,20,22-23,25-27,30H,7-10,12-18H2,1-6H3/t20-,22+,23+,25?,26?,27?,28+,29-/m1/s1. The maximum Gasteiger partial charge on any atom is 0.0543 e. The maximum atomic E-state index is 10.3. The highest BCUT2D eigenvalue weighted by Gasteiger charge is 2.58. The molecule has 170 valence electrons. The van der Waals surface area contributed by atoms with Gasteiger partial charge in [-0.05, 0) is 125 Å². The van der Waals surface area contributed by atoms with E-state index in [-0.39, 0.29) is 6.10 Å². The Morgan fingerprint density at radius 3 is 2.47 bits per heavy atom. The molecule has 0 aromatic heterocycles. The number of hydrogen-bond donors (Lipinski definition) is 1. The molecule has 0 aromatic carbocycles. The van der Waals surface area contributed by atoms with Gasteiger partial charge in [-0.2, -0.15) is 0 Å². The van der Waals surface area contributed by atoms with Crippen molar-refractivity contribution in [2.45, 2.75) is 118 Å². The topological polar surface area (TPSA) is 20.2 Å². The van der Waals surface area contributed by atoms with Crippen LogP contribution in [-0.2, 0) is 0 Å². The Morgan fingerprint density at radius 1 is 1.07 bits per heavy atom.